The van der Waals surface area contributed by atoms with Gasteiger partial charge in [-0.25, -0.2) is 0 Å². The van der Waals surface area contributed by atoms with Crippen molar-refractivity contribution in [2.45, 2.75) is 26.4 Å². The normalized spacial score (nSPS) is 10.4. The summed E-state index contributed by atoms with van der Waals surface area (Å²) in [6.07, 6.45) is 4.10. The van der Waals surface area contributed by atoms with Gasteiger partial charge in [-0.05, 0) is 30.2 Å². The van der Waals surface area contributed by atoms with E-state index in [0.29, 0.717) is 19.5 Å². The second-order valence-corrected chi connectivity index (χ2v) is 4.48. The summed E-state index contributed by atoms with van der Waals surface area (Å²) in [5, 5.41) is 6.99. The molecule has 0 aliphatic carbocycles. The molecule has 0 radical (unpaired) electrons. The van der Waals surface area contributed by atoms with Gasteiger partial charge in [0.15, 0.2) is 0 Å². The lowest BCUT2D eigenvalue weighted by atomic mass is 10.2. The first kappa shape index (κ1) is 13.3. The molecule has 1 aromatic heterocycles. The van der Waals surface area contributed by atoms with Crippen LogP contribution >= 0.6 is 0 Å². The number of aromatic nitrogens is 2. The minimum atomic E-state index is -0.0198. The fraction of sp³-hybridized carbons (Fsp3) is 0.286. The van der Waals surface area contributed by atoms with Crippen molar-refractivity contribution in [3.8, 4) is 0 Å². The van der Waals surface area contributed by atoms with E-state index in [1.807, 2.05) is 37.4 Å². The molecule has 0 saturated carbocycles. The van der Waals surface area contributed by atoms with Crippen LogP contribution < -0.4 is 11.1 Å². The summed E-state index contributed by atoms with van der Waals surface area (Å²) in [4.78, 5) is 11.8. The maximum atomic E-state index is 11.8. The zero-order valence-electron chi connectivity index (χ0n) is 11.0. The molecule has 0 saturated heterocycles. The number of benzene rings is 1. The Hall–Kier alpha value is -2.14. The highest BCUT2D eigenvalue weighted by Gasteiger charge is 2.03. The Morgan fingerprint density at radius 2 is 2.11 bits per heavy atom. The van der Waals surface area contributed by atoms with Crippen LogP contribution in [0.3, 0.4) is 0 Å². The van der Waals surface area contributed by atoms with Crippen molar-refractivity contribution in [1.82, 2.24) is 9.78 Å². The fourth-order valence-corrected chi connectivity index (χ4v) is 1.75. The van der Waals surface area contributed by atoms with Crippen LogP contribution in [0.5, 0.6) is 0 Å². The largest absolute Gasteiger partial charge is 0.326 e. The van der Waals surface area contributed by atoms with Crippen molar-refractivity contribution < 1.29 is 4.79 Å². The minimum Gasteiger partial charge on any atom is -0.326 e. The third-order valence-corrected chi connectivity index (χ3v) is 2.80. The van der Waals surface area contributed by atoms with Gasteiger partial charge in [0.1, 0.15) is 0 Å². The molecule has 1 amide bonds. The number of nitrogens with zero attached hydrogens (tertiary/aromatic N) is 2. The van der Waals surface area contributed by atoms with Crippen molar-refractivity contribution in [3.63, 3.8) is 0 Å². The summed E-state index contributed by atoms with van der Waals surface area (Å²) >= 11 is 0. The van der Waals surface area contributed by atoms with Crippen molar-refractivity contribution in [1.29, 1.82) is 0 Å². The lowest BCUT2D eigenvalue weighted by Gasteiger charge is -2.06. The van der Waals surface area contributed by atoms with Crippen molar-refractivity contribution in [2.24, 2.45) is 5.73 Å². The standard InChI is InChI=1S/C14H18N4O/c1-11-9-16-18(10-11)7-6-14(19)17-13-4-2-12(8-15)3-5-13/h2-5,9-10H,6-8,15H2,1H3,(H,17,19). The molecule has 1 aromatic carbocycles. The van der Waals surface area contributed by atoms with Gasteiger partial charge < -0.3 is 11.1 Å². The van der Waals surface area contributed by atoms with Crippen LogP contribution in [0.1, 0.15) is 17.5 Å². The summed E-state index contributed by atoms with van der Waals surface area (Å²) < 4.78 is 1.77. The minimum absolute atomic E-state index is 0.0198. The van der Waals surface area contributed by atoms with E-state index in [-0.39, 0.29) is 5.91 Å². The second-order valence-electron chi connectivity index (χ2n) is 4.48. The molecular formula is C14H18N4O. The molecular weight excluding hydrogens is 240 g/mol. The maximum absolute atomic E-state index is 11.8. The third kappa shape index (κ3) is 3.93. The zero-order chi connectivity index (χ0) is 13.7. The Morgan fingerprint density at radius 3 is 2.68 bits per heavy atom. The Morgan fingerprint density at radius 1 is 1.37 bits per heavy atom. The third-order valence-electron chi connectivity index (χ3n) is 2.80. The second kappa shape index (κ2) is 6.15. The predicted octanol–water partition coefficient (Wildman–Crippen LogP) is 1.68. The van der Waals surface area contributed by atoms with E-state index in [2.05, 4.69) is 10.4 Å². The Bertz CT molecular complexity index is 545. The molecule has 2 rings (SSSR count). The Labute approximate surface area is 112 Å². The average molecular weight is 258 g/mol. The molecule has 3 N–H and O–H groups in total. The molecule has 5 heteroatoms. The SMILES string of the molecule is Cc1cnn(CCC(=O)Nc2ccc(CN)cc2)c1. The molecule has 1 heterocycles. The molecule has 0 atom stereocenters. The topological polar surface area (TPSA) is 72.9 Å². The van der Waals surface area contributed by atoms with Crippen molar-refractivity contribution in [3.05, 3.63) is 47.8 Å². The first-order valence-electron chi connectivity index (χ1n) is 6.25. The summed E-state index contributed by atoms with van der Waals surface area (Å²) in [6, 6.07) is 7.54. The van der Waals surface area contributed by atoms with Crippen LogP contribution in [0.4, 0.5) is 5.69 Å². The van der Waals surface area contributed by atoms with Crippen LogP contribution in [0, 0.1) is 6.92 Å². The van der Waals surface area contributed by atoms with Crippen LogP contribution in [-0.2, 0) is 17.9 Å². The van der Waals surface area contributed by atoms with Gasteiger partial charge in [-0.2, -0.15) is 5.10 Å². The molecule has 0 aliphatic heterocycles. The smallest absolute Gasteiger partial charge is 0.226 e. The molecule has 0 spiro atoms. The number of anilines is 1. The maximum Gasteiger partial charge on any atom is 0.226 e. The number of carbonyl (C=O) groups is 1. The molecule has 5 nitrogen and oxygen atoms in total. The Balaban J connectivity index is 1.83. The van der Waals surface area contributed by atoms with Gasteiger partial charge in [-0.15, -0.1) is 0 Å². The fourth-order valence-electron chi connectivity index (χ4n) is 1.75. The number of hydrogen-bond donors (Lipinski definition) is 2. The van der Waals surface area contributed by atoms with E-state index in [4.69, 9.17) is 5.73 Å². The molecule has 0 aliphatic rings. The highest BCUT2D eigenvalue weighted by Crippen LogP contribution is 2.09. The van der Waals surface area contributed by atoms with Gasteiger partial charge >= 0.3 is 0 Å². The Kier molecular flexibility index (Phi) is 4.30. The van der Waals surface area contributed by atoms with Crippen LogP contribution in [0.15, 0.2) is 36.7 Å². The predicted molar refractivity (Wildman–Crippen MR) is 74.5 cm³/mol. The van der Waals surface area contributed by atoms with Gasteiger partial charge in [0.05, 0.1) is 6.20 Å². The average Bonchev–Trinajstić information content (AvgIpc) is 2.83. The number of nitrogens with two attached hydrogens (primary N) is 1. The molecule has 2 aromatic rings. The van der Waals surface area contributed by atoms with E-state index in [0.717, 1.165) is 16.8 Å². The first-order valence-corrected chi connectivity index (χ1v) is 6.25. The van der Waals surface area contributed by atoms with Crippen LogP contribution in [0.25, 0.3) is 0 Å². The van der Waals surface area contributed by atoms with E-state index in [9.17, 15) is 4.79 Å². The number of carbonyl (C=O) groups excluding carboxylic acids is 1. The van der Waals surface area contributed by atoms with E-state index >= 15 is 0 Å². The van der Waals surface area contributed by atoms with Gasteiger partial charge in [0.2, 0.25) is 5.91 Å². The summed E-state index contributed by atoms with van der Waals surface area (Å²) in [6.45, 7) is 3.07. The zero-order valence-corrected chi connectivity index (χ0v) is 11.0. The molecule has 0 fully saturated rings. The summed E-state index contributed by atoms with van der Waals surface area (Å²) in [5.41, 5.74) is 8.45. The van der Waals surface area contributed by atoms with E-state index < -0.39 is 0 Å². The van der Waals surface area contributed by atoms with Gasteiger partial charge in [-0.3, -0.25) is 9.48 Å². The quantitative estimate of drug-likeness (QED) is 0.857. The van der Waals surface area contributed by atoms with Gasteiger partial charge in [0, 0.05) is 31.4 Å². The molecule has 0 bridgehead atoms. The number of nitrogens with one attached hydrogen (secondary N) is 1. The summed E-state index contributed by atoms with van der Waals surface area (Å²) in [5.74, 6) is -0.0198. The van der Waals surface area contributed by atoms with Gasteiger partial charge in [-0.1, -0.05) is 12.1 Å². The summed E-state index contributed by atoms with van der Waals surface area (Å²) in [7, 11) is 0. The van der Waals surface area contributed by atoms with E-state index in [1.54, 1.807) is 10.9 Å². The molecule has 100 valence electrons. The van der Waals surface area contributed by atoms with Crippen LogP contribution in [-0.4, -0.2) is 15.7 Å². The lowest BCUT2D eigenvalue weighted by molar-refractivity contribution is -0.116. The van der Waals surface area contributed by atoms with Gasteiger partial charge in [0.25, 0.3) is 0 Å². The number of aryl methyl sites for hydroxylation is 2. The van der Waals surface area contributed by atoms with E-state index in [1.165, 1.54) is 0 Å². The molecule has 0 unspecified atom stereocenters. The first-order chi connectivity index (χ1) is 9.17. The van der Waals surface area contributed by atoms with Crippen molar-refractivity contribution in [2.75, 3.05) is 5.32 Å². The number of amides is 1. The highest BCUT2D eigenvalue weighted by molar-refractivity contribution is 5.90. The van der Waals surface area contributed by atoms with Crippen LogP contribution in [0.2, 0.25) is 0 Å². The lowest BCUT2D eigenvalue weighted by Crippen LogP contribution is -2.14. The highest BCUT2D eigenvalue weighted by atomic mass is 16.1. The monoisotopic (exact) mass is 258 g/mol. The number of hydrogen-bond acceptors (Lipinski definition) is 3. The van der Waals surface area contributed by atoms with Crippen molar-refractivity contribution >= 4 is 11.6 Å². The molecule has 19 heavy (non-hydrogen) atoms. The number of rotatable bonds is 5.